The first kappa shape index (κ1) is 22.0. The van der Waals surface area contributed by atoms with Crippen LogP contribution in [0.25, 0.3) is 0 Å². The number of hydrogen-bond acceptors (Lipinski definition) is 5. The summed E-state index contributed by atoms with van der Waals surface area (Å²) in [6.07, 6.45) is 2.78. The number of fused-ring (bicyclic) bond motifs is 1. The number of carbonyl (C=O) groups excluding carboxylic acids is 1. The van der Waals surface area contributed by atoms with Crippen molar-refractivity contribution in [1.82, 2.24) is 14.6 Å². The molecular formula is C24H26N4O3S. The molecule has 3 aromatic rings. The zero-order valence-electron chi connectivity index (χ0n) is 18.2. The molecule has 1 aliphatic rings. The Morgan fingerprint density at radius 3 is 2.41 bits per heavy atom. The Bertz CT molecular complexity index is 1210. The fourth-order valence-corrected chi connectivity index (χ4v) is 4.57. The Hall–Kier alpha value is -3.23. The van der Waals surface area contributed by atoms with Gasteiger partial charge in [-0.05, 0) is 53.4 Å². The van der Waals surface area contributed by atoms with Crippen molar-refractivity contribution in [3.63, 3.8) is 0 Å². The normalized spacial score (nSPS) is 13.7. The maximum absolute atomic E-state index is 12.4. The standard InChI is InChI=1S/C24H26N4O3S/c1-27(2)32(30,31)22-10-8-20(9-11-22)24(29)26-16-18-7-12-23(25-15-18)28-14-13-19-5-3-4-6-21(19)17-28/h3-12,15H,13-14,16-17H2,1-2H3,(H,26,29). The van der Waals surface area contributed by atoms with Crippen LogP contribution in [0.1, 0.15) is 27.0 Å². The van der Waals surface area contributed by atoms with E-state index in [2.05, 4.69) is 39.5 Å². The van der Waals surface area contributed by atoms with Gasteiger partial charge in [0, 0.05) is 45.5 Å². The van der Waals surface area contributed by atoms with Gasteiger partial charge in [-0.15, -0.1) is 0 Å². The van der Waals surface area contributed by atoms with Crippen molar-refractivity contribution in [2.24, 2.45) is 0 Å². The van der Waals surface area contributed by atoms with Crippen LogP contribution in [-0.2, 0) is 29.5 Å². The molecule has 0 bridgehead atoms. The van der Waals surface area contributed by atoms with E-state index < -0.39 is 10.0 Å². The number of pyridine rings is 1. The van der Waals surface area contributed by atoms with Crippen molar-refractivity contribution in [2.75, 3.05) is 25.5 Å². The molecule has 0 saturated heterocycles. The quantitative estimate of drug-likeness (QED) is 0.625. The molecule has 0 radical (unpaired) electrons. The summed E-state index contributed by atoms with van der Waals surface area (Å²) in [6, 6.07) is 18.4. The second-order valence-electron chi connectivity index (χ2n) is 7.96. The Balaban J connectivity index is 1.35. The molecule has 0 unspecified atom stereocenters. The number of aromatic nitrogens is 1. The van der Waals surface area contributed by atoms with E-state index >= 15 is 0 Å². The van der Waals surface area contributed by atoms with E-state index in [0.29, 0.717) is 12.1 Å². The van der Waals surface area contributed by atoms with Gasteiger partial charge >= 0.3 is 0 Å². The van der Waals surface area contributed by atoms with Crippen LogP contribution in [0, 0.1) is 0 Å². The molecule has 2 heterocycles. The minimum absolute atomic E-state index is 0.152. The predicted molar refractivity (Wildman–Crippen MR) is 124 cm³/mol. The molecule has 0 fully saturated rings. The molecule has 1 N–H and O–H groups in total. The molecule has 0 aliphatic carbocycles. The maximum atomic E-state index is 12.4. The maximum Gasteiger partial charge on any atom is 0.251 e. The zero-order valence-corrected chi connectivity index (χ0v) is 19.0. The fraction of sp³-hybridized carbons (Fsp3) is 0.250. The SMILES string of the molecule is CN(C)S(=O)(=O)c1ccc(C(=O)NCc2ccc(N3CCc4ccccc4C3)nc2)cc1. The molecular weight excluding hydrogens is 424 g/mol. The summed E-state index contributed by atoms with van der Waals surface area (Å²) >= 11 is 0. The molecule has 0 saturated carbocycles. The number of benzene rings is 2. The molecule has 0 spiro atoms. The first-order chi connectivity index (χ1) is 15.3. The topological polar surface area (TPSA) is 82.6 Å². The largest absolute Gasteiger partial charge is 0.352 e. The summed E-state index contributed by atoms with van der Waals surface area (Å²) in [4.78, 5) is 19.4. The van der Waals surface area contributed by atoms with Crippen LogP contribution in [0.15, 0.2) is 71.8 Å². The van der Waals surface area contributed by atoms with Crippen LogP contribution in [-0.4, -0.2) is 44.3 Å². The summed E-state index contributed by atoms with van der Waals surface area (Å²) in [5.74, 6) is 0.655. The molecule has 4 rings (SSSR count). The lowest BCUT2D eigenvalue weighted by Crippen LogP contribution is -2.31. The highest BCUT2D eigenvalue weighted by molar-refractivity contribution is 7.89. The van der Waals surface area contributed by atoms with Crippen LogP contribution in [0.2, 0.25) is 0 Å². The summed E-state index contributed by atoms with van der Waals surface area (Å²) in [6.45, 7) is 2.12. The molecule has 7 nitrogen and oxygen atoms in total. The third kappa shape index (κ3) is 4.66. The summed E-state index contributed by atoms with van der Waals surface area (Å²) in [5, 5.41) is 2.86. The second kappa shape index (κ2) is 9.10. The number of amides is 1. The lowest BCUT2D eigenvalue weighted by Gasteiger charge is -2.29. The number of nitrogens with zero attached hydrogens (tertiary/aromatic N) is 3. The molecule has 0 atom stereocenters. The van der Waals surface area contributed by atoms with Gasteiger partial charge < -0.3 is 10.2 Å². The van der Waals surface area contributed by atoms with E-state index in [1.54, 1.807) is 6.20 Å². The van der Waals surface area contributed by atoms with Crippen LogP contribution >= 0.6 is 0 Å². The molecule has 1 aromatic heterocycles. The number of nitrogens with one attached hydrogen (secondary N) is 1. The van der Waals surface area contributed by atoms with Crippen molar-refractivity contribution in [1.29, 1.82) is 0 Å². The summed E-state index contributed by atoms with van der Waals surface area (Å²) in [5.41, 5.74) is 4.03. The first-order valence-corrected chi connectivity index (χ1v) is 11.9. The highest BCUT2D eigenvalue weighted by Crippen LogP contribution is 2.23. The molecule has 1 amide bonds. The van der Waals surface area contributed by atoms with E-state index in [0.717, 1.165) is 35.2 Å². The number of rotatable bonds is 6. The molecule has 2 aromatic carbocycles. The highest BCUT2D eigenvalue weighted by Gasteiger charge is 2.18. The van der Waals surface area contributed by atoms with Crippen LogP contribution in [0.3, 0.4) is 0 Å². The number of sulfonamides is 1. The van der Waals surface area contributed by atoms with Crippen LogP contribution < -0.4 is 10.2 Å². The first-order valence-electron chi connectivity index (χ1n) is 10.4. The predicted octanol–water partition coefficient (Wildman–Crippen LogP) is 2.82. The fourth-order valence-electron chi connectivity index (χ4n) is 3.67. The lowest BCUT2D eigenvalue weighted by molar-refractivity contribution is 0.0951. The van der Waals surface area contributed by atoms with Crippen molar-refractivity contribution in [2.45, 2.75) is 24.4 Å². The van der Waals surface area contributed by atoms with Gasteiger partial charge in [0.05, 0.1) is 4.90 Å². The van der Waals surface area contributed by atoms with Gasteiger partial charge in [0.25, 0.3) is 5.91 Å². The number of carbonyl (C=O) groups is 1. The van der Waals surface area contributed by atoms with E-state index in [4.69, 9.17) is 0 Å². The van der Waals surface area contributed by atoms with Gasteiger partial charge in [-0.1, -0.05) is 30.3 Å². The molecule has 32 heavy (non-hydrogen) atoms. The van der Waals surface area contributed by atoms with Gasteiger partial charge in [-0.3, -0.25) is 4.79 Å². The Kier molecular flexibility index (Phi) is 6.25. The molecule has 166 valence electrons. The van der Waals surface area contributed by atoms with Crippen LogP contribution in [0.5, 0.6) is 0 Å². The average molecular weight is 451 g/mol. The van der Waals surface area contributed by atoms with Gasteiger partial charge in [0.15, 0.2) is 0 Å². The number of hydrogen-bond donors (Lipinski definition) is 1. The van der Waals surface area contributed by atoms with E-state index in [1.165, 1.54) is 49.5 Å². The van der Waals surface area contributed by atoms with E-state index in [1.807, 2.05) is 12.1 Å². The highest BCUT2D eigenvalue weighted by atomic mass is 32.2. The van der Waals surface area contributed by atoms with Gasteiger partial charge in [-0.25, -0.2) is 17.7 Å². The van der Waals surface area contributed by atoms with Crippen molar-refractivity contribution >= 4 is 21.7 Å². The smallest absolute Gasteiger partial charge is 0.251 e. The second-order valence-corrected chi connectivity index (χ2v) is 10.1. The zero-order chi connectivity index (χ0) is 22.7. The third-order valence-corrected chi connectivity index (χ3v) is 7.44. The summed E-state index contributed by atoms with van der Waals surface area (Å²) in [7, 11) is -0.572. The molecule has 8 heteroatoms. The van der Waals surface area contributed by atoms with Gasteiger partial charge in [0.2, 0.25) is 10.0 Å². The summed E-state index contributed by atoms with van der Waals surface area (Å²) < 4.78 is 25.4. The molecule has 1 aliphatic heterocycles. The average Bonchev–Trinajstić information content (AvgIpc) is 2.82. The minimum atomic E-state index is -3.52. The van der Waals surface area contributed by atoms with Crippen LogP contribution in [0.4, 0.5) is 5.82 Å². The Labute approximate surface area is 188 Å². The van der Waals surface area contributed by atoms with Crippen molar-refractivity contribution in [3.05, 3.63) is 89.1 Å². The lowest BCUT2D eigenvalue weighted by atomic mass is 10.00. The monoisotopic (exact) mass is 450 g/mol. The van der Waals surface area contributed by atoms with Gasteiger partial charge in [-0.2, -0.15) is 0 Å². The van der Waals surface area contributed by atoms with Crippen molar-refractivity contribution in [3.8, 4) is 0 Å². The van der Waals surface area contributed by atoms with Gasteiger partial charge in [0.1, 0.15) is 5.82 Å². The van der Waals surface area contributed by atoms with E-state index in [-0.39, 0.29) is 10.8 Å². The Morgan fingerprint density at radius 1 is 1.03 bits per heavy atom. The minimum Gasteiger partial charge on any atom is -0.352 e. The number of anilines is 1. The Morgan fingerprint density at radius 2 is 1.75 bits per heavy atom. The van der Waals surface area contributed by atoms with E-state index in [9.17, 15) is 13.2 Å². The third-order valence-electron chi connectivity index (χ3n) is 5.61. The van der Waals surface area contributed by atoms with Crippen molar-refractivity contribution < 1.29 is 13.2 Å².